The van der Waals surface area contributed by atoms with E-state index in [0.29, 0.717) is 11.8 Å². The Labute approximate surface area is 428 Å². The molecule has 11 rings (SSSR count). The number of benzene rings is 8. The van der Waals surface area contributed by atoms with Crippen molar-refractivity contribution >= 4 is 70.5 Å². The summed E-state index contributed by atoms with van der Waals surface area (Å²) in [6.45, 7) is 23.7. The Morgan fingerprint density at radius 2 is 1.03 bits per heavy atom. The predicted molar refractivity (Wildman–Crippen MR) is 298 cm³/mol. The van der Waals surface area contributed by atoms with E-state index in [4.69, 9.17) is 14.4 Å². The molecule has 3 heterocycles. The molecule has 70 heavy (non-hydrogen) atoms. The fraction of sp³-hybridized carbons (Fsp3) is 0.194. The largest absolute Gasteiger partial charge is 0.501 e. The molecule has 0 unspecified atom stereocenters. The van der Waals surface area contributed by atoms with Crippen LogP contribution in [0.3, 0.4) is 0 Å². The Bertz CT molecular complexity index is 3590. The SMILES string of the molecule is CC(C)c1cc(-c2ccccc2)cc(C(C)C)c1-n1c(-c2[c-]ccc3c2oc2ccccc23)nc2ccccc21.C[Si](C)(C)c1cccc([Si](C)(C)C)c1-n1c(-c2[c-]cccc2)nc2ccccc21.[Ir]. The zero-order chi connectivity index (χ0) is 48.2. The molecule has 11 aromatic rings. The molecule has 3 aromatic heterocycles. The normalized spacial score (nSPS) is 12.0. The van der Waals surface area contributed by atoms with Crippen molar-refractivity contribution in [2.45, 2.75) is 78.8 Å². The van der Waals surface area contributed by atoms with Crippen LogP contribution in [0.1, 0.15) is 50.7 Å². The molecule has 0 saturated carbocycles. The van der Waals surface area contributed by atoms with Gasteiger partial charge in [0.2, 0.25) is 0 Å². The molecular weight excluding hydrogens is 1070 g/mol. The number of hydrogen-bond acceptors (Lipinski definition) is 3. The second kappa shape index (κ2) is 19.4. The van der Waals surface area contributed by atoms with Gasteiger partial charge in [0.25, 0.3) is 0 Å². The zero-order valence-electron chi connectivity index (χ0n) is 41.9. The van der Waals surface area contributed by atoms with Gasteiger partial charge in [-0.15, -0.1) is 54.1 Å². The number of para-hydroxylation sites is 6. The van der Waals surface area contributed by atoms with E-state index in [9.17, 15) is 0 Å². The first-order valence-corrected chi connectivity index (χ1v) is 31.3. The van der Waals surface area contributed by atoms with E-state index in [2.05, 4.69) is 228 Å². The van der Waals surface area contributed by atoms with E-state index in [-0.39, 0.29) is 20.1 Å². The van der Waals surface area contributed by atoms with Crippen molar-refractivity contribution in [1.29, 1.82) is 0 Å². The molecule has 5 nitrogen and oxygen atoms in total. The minimum Gasteiger partial charge on any atom is -0.501 e. The van der Waals surface area contributed by atoms with Crippen LogP contribution in [0.4, 0.5) is 0 Å². The maximum Gasteiger partial charge on any atom is 0.120 e. The van der Waals surface area contributed by atoms with Crippen LogP contribution in [0.5, 0.6) is 0 Å². The van der Waals surface area contributed by atoms with Crippen molar-refractivity contribution < 1.29 is 24.5 Å². The van der Waals surface area contributed by atoms with E-state index in [1.165, 1.54) is 49.5 Å². The topological polar surface area (TPSA) is 48.8 Å². The first-order valence-electron chi connectivity index (χ1n) is 24.3. The molecule has 0 N–H and O–H groups in total. The van der Waals surface area contributed by atoms with E-state index >= 15 is 0 Å². The van der Waals surface area contributed by atoms with E-state index in [1.807, 2.05) is 30.3 Å². The molecule has 8 heteroatoms. The van der Waals surface area contributed by atoms with Crippen molar-refractivity contribution in [3.8, 4) is 45.3 Å². The van der Waals surface area contributed by atoms with Gasteiger partial charge in [-0.1, -0.05) is 169 Å². The molecule has 8 aromatic carbocycles. The van der Waals surface area contributed by atoms with Crippen LogP contribution in [-0.4, -0.2) is 35.2 Å². The van der Waals surface area contributed by atoms with Crippen LogP contribution in [0, 0.1) is 12.1 Å². The van der Waals surface area contributed by atoms with E-state index in [0.717, 1.165) is 61.3 Å². The van der Waals surface area contributed by atoms with Crippen molar-refractivity contribution in [3.63, 3.8) is 0 Å². The van der Waals surface area contributed by atoms with Crippen LogP contribution in [-0.2, 0) is 20.1 Å². The van der Waals surface area contributed by atoms with E-state index in [1.54, 1.807) is 0 Å². The molecule has 1 radical (unpaired) electrons. The molecule has 0 saturated heterocycles. The summed E-state index contributed by atoms with van der Waals surface area (Å²) in [6.07, 6.45) is 0. The Morgan fingerprint density at radius 1 is 0.486 bits per heavy atom. The average Bonchev–Trinajstić information content (AvgIpc) is 4.05. The molecule has 0 atom stereocenters. The molecule has 0 bridgehead atoms. The minimum absolute atomic E-state index is 0. The Balaban J connectivity index is 0.000000180. The van der Waals surface area contributed by atoms with Crippen molar-refractivity contribution in [2.24, 2.45) is 0 Å². The van der Waals surface area contributed by atoms with Gasteiger partial charge in [-0.05, 0) is 86.9 Å². The van der Waals surface area contributed by atoms with Crippen LogP contribution >= 0.6 is 0 Å². The molecule has 0 fully saturated rings. The molecule has 353 valence electrons. The van der Waals surface area contributed by atoms with Gasteiger partial charge in [-0.25, -0.2) is 0 Å². The fourth-order valence-electron chi connectivity index (χ4n) is 9.85. The van der Waals surface area contributed by atoms with Gasteiger partial charge >= 0.3 is 0 Å². The van der Waals surface area contributed by atoms with Gasteiger partial charge < -0.3 is 13.6 Å². The number of hydrogen-bond donors (Lipinski definition) is 0. The van der Waals surface area contributed by atoms with Crippen LogP contribution < -0.4 is 10.4 Å². The number of fused-ring (bicyclic) bond motifs is 5. The van der Waals surface area contributed by atoms with Crippen molar-refractivity contribution in [3.05, 3.63) is 193 Å². The minimum atomic E-state index is -1.59. The Morgan fingerprint density at radius 3 is 1.61 bits per heavy atom. The summed E-state index contributed by atoms with van der Waals surface area (Å²) in [4.78, 5) is 10.3. The number of nitrogens with zero attached hydrogens (tertiary/aromatic N) is 4. The summed E-state index contributed by atoms with van der Waals surface area (Å²) in [6, 6.07) is 66.7. The Kier molecular flexibility index (Phi) is 13.5. The average molecular weight is 1130 g/mol. The quantitative estimate of drug-likeness (QED) is 0.107. The molecule has 0 aliphatic carbocycles. The van der Waals surface area contributed by atoms with Crippen LogP contribution in [0.2, 0.25) is 39.3 Å². The zero-order valence-corrected chi connectivity index (χ0v) is 46.2. The van der Waals surface area contributed by atoms with Gasteiger partial charge in [0, 0.05) is 36.9 Å². The maximum absolute atomic E-state index is 6.47. The monoisotopic (exact) mass is 1130 g/mol. The van der Waals surface area contributed by atoms with Crippen LogP contribution in [0.15, 0.2) is 174 Å². The van der Waals surface area contributed by atoms with Gasteiger partial charge in [-0.3, -0.25) is 9.97 Å². The Hall–Kier alpha value is -6.42. The maximum atomic E-state index is 6.47. The summed E-state index contributed by atoms with van der Waals surface area (Å²) in [5.41, 5.74) is 15.5. The fourth-order valence-corrected chi connectivity index (χ4v) is 13.1. The first kappa shape index (κ1) is 48.6. The molecule has 0 amide bonds. The van der Waals surface area contributed by atoms with E-state index < -0.39 is 16.1 Å². The smallest absolute Gasteiger partial charge is 0.120 e. The molecule has 0 spiro atoms. The van der Waals surface area contributed by atoms with Crippen molar-refractivity contribution in [2.75, 3.05) is 0 Å². The predicted octanol–water partition coefficient (Wildman–Crippen LogP) is 15.9. The van der Waals surface area contributed by atoms with Gasteiger partial charge in [-0.2, -0.15) is 0 Å². The number of furan rings is 1. The number of imidazole rings is 2. The third-order valence-electron chi connectivity index (χ3n) is 13.3. The standard InChI is InChI=1S/C37H31N2O.C25H29N2Si2.Ir/c1-23(2)30-21-26(25-13-6-5-7-14-25)22-31(24(3)4)35(30)39-33-19-10-9-18-32(33)38-37(39)29-17-12-16-28-27-15-8-11-20-34(27)40-36(28)29;1-28(2,3)22-17-12-18-23(29(4,5)6)24(22)27-21-16-11-10-15-20(21)26-25(27)19-13-8-7-9-14-19;/h5-16,18-24H,1-4H3;7-13,15-18H,1-6H3;/q2*-1;. The summed E-state index contributed by atoms with van der Waals surface area (Å²) >= 11 is 0. The first-order chi connectivity index (χ1) is 33.2. The number of aromatic nitrogens is 4. The second-order valence-electron chi connectivity index (χ2n) is 20.9. The number of rotatable bonds is 9. The van der Waals surface area contributed by atoms with Gasteiger partial charge in [0.15, 0.2) is 0 Å². The summed E-state index contributed by atoms with van der Waals surface area (Å²) in [5.74, 6) is 2.44. The summed E-state index contributed by atoms with van der Waals surface area (Å²) < 4.78 is 11.2. The van der Waals surface area contributed by atoms with Crippen LogP contribution in [0.25, 0.3) is 89.3 Å². The third kappa shape index (κ3) is 8.99. The second-order valence-corrected chi connectivity index (χ2v) is 30.9. The molecule has 0 aliphatic rings. The molecular formula is C62H60IrN4OSi2-2. The summed E-state index contributed by atoms with van der Waals surface area (Å²) in [5, 5.41) is 5.18. The van der Waals surface area contributed by atoms with Gasteiger partial charge in [0.05, 0.1) is 55.4 Å². The third-order valence-corrected chi connectivity index (χ3v) is 17.3. The van der Waals surface area contributed by atoms with Gasteiger partial charge in [0.1, 0.15) is 5.58 Å². The van der Waals surface area contributed by atoms with Crippen molar-refractivity contribution in [1.82, 2.24) is 19.1 Å². The summed E-state index contributed by atoms with van der Waals surface area (Å²) in [7, 11) is -3.18. The molecule has 0 aliphatic heterocycles.